The van der Waals surface area contributed by atoms with Gasteiger partial charge in [0.25, 0.3) is 0 Å². The van der Waals surface area contributed by atoms with Crippen LogP contribution in [-0.4, -0.2) is 0 Å². The van der Waals surface area contributed by atoms with Crippen LogP contribution in [0.15, 0.2) is 12.1 Å². The van der Waals surface area contributed by atoms with Crippen LogP contribution in [0.2, 0.25) is 10.0 Å². The minimum Gasteiger partial charge on any atom is -0.166 e. The largest absolute Gasteiger partial charge is 0.419 e. The third-order valence-electron chi connectivity index (χ3n) is 1.57. The lowest BCUT2D eigenvalue weighted by atomic mass is 10.1. The van der Waals surface area contributed by atoms with E-state index in [1.807, 2.05) is 13.8 Å². The van der Waals surface area contributed by atoms with Gasteiger partial charge in [-0.05, 0) is 18.6 Å². The van der Waals surface area contributed by atoms with E-state index in [4.69, 9.17) is 23.2 Å². The zero-order chi connectivity index (χ0) is 12.2. The summed E-state index contributed by atoms with van der Waals surface area (Å²) in [6.45, 7) is 5.49. The predicted molar refractivity (Wildman–Crippen MR) is 57.5 cm³/mol. The van der Waals surface area contributed by atoms with Crippen molar-refractivity contribution in [2.24, 2.45) is 0 Å². The second-order valence-electron chi connectivity index (χ2n) is 2.55. The minimum absolute atomic E-state index is 0.333. The summed E-state index contributed by atoms with van der Waals surface area (Å²) < 4.78 is 37.0. The molecule has 0 unspecified atom stereocenters. The zero-order valence-electron chi connectivity index (χ0n) is 8.54. The molecule has 0 radical (unpaired) electrons. The number of hydrogen-bond acceptors (Lipinski definition) is 0. The van der Waals surface area contributed by atoms with Crippen molar-refractivity contribution in [3.63, 3.8) is 0 Å². The lowest BCUT2D eigenvalue weighted by Crippen LogP contribution is -2.07. The highest BCUT2D eigenvalue weighted by Gasteiger charge is 2.36. The molecule has 0 aliphatic rings. The molecular weight excluding hydrogens is 248 g/mol. The molecule has 0 atom stereocenters. The molecule has 5 heteroatoms. The third-order valence-corrected chi connectivity index (χ3v) is 2.37. The summed E-state index contributed by atoms with van der Waals surface area (Å²) in [5, 5.41) is -0.705. The van der Waals surface area contributed by atoms with Gasteiger partial charge in [-0.25, -0.2) is 0 Å². The van der Waals surface area contributed by atoms with Crippen LogP contribution in [0.5, 0.6) is 0 Å². The van der Waals surface area contributed by atoms with Crippen LogP contribution < -0.4 is 0 Å². The molecule has 0 bridgehead atoms. The van der Waals surface area contributed by atoms with Crippen molar-refractivity contribution < 1.29 is 13.2 Å². The van der Waals surface area contributed by atoms with Crippen molar-refractivity contribution in [3.8, 4) is 0 Å². The van der Waals surface area contributed by atoms with E-state index in [2.05, 4.69) is 0 Å². The Morgan fingerprint density at radius 2 is 1.53 bits per heavy atom. The number of benzene rings is 1. The van der Waals surface area contributed by atoms with Crippen LogP contribution in [0.25, 0.3) is 0 Å². The number of halogens is 5. The second kappa shape index (κ2) is 5.61. The van der Waals surface area contributed by atoms with Gasteiger partial charge in [-0.1, -0.05) is 43.1 Å². The maximum absolute atomic E-state index is 12.3. The Balaban J connectivity index is 0.000000921. The average Bonchev–Trinajstić information content (AvgIpc) is 2.13. The number of alkyl halides is 3. The summed E-state index contributed by atoms with van der Waals surface area (Å²) in [5.41, 5.74) is -0.603. The highest BCUT2D eigenvalue weighted by molar-refractivity contribution is 6.36. The van der Waals surface area contributed by atoms with Gasteiger partial charge in [-0.2, -0.15) is 13.2 Å². The summed E-state index contributed by atoms with van der Waals surface area (Å²) in [6, 6.07) is 2.63. The van der Waals surface area contributed by atoms with Crippen molar-refractivity contribution in [3.05, 3.63) is 33.3 Å². The molecule has 15 heavy (non-hydrogen) atoms. The molecule has 0 saturated carbocycles. The molecule has 0 N–H and O–H groups in total. The van der Waals surface area contributed by atoms with Gasteiger partial charge >= 0.3 is 6.18 Å². The van der Waals surface area contributed by atoms with Crippen LogP contribution in [-0.2, 0) is 6.18 Å². The van der Waals surface area contributed by atoms with Gasteiger partial charge in [0.1, 0.15) is 0 Å². The van der Waals surface area contributed by atoms with Gasteiger partial charge in [0, 0.05) is 0 Å². The number of aryl methyl sites for hydroxylation is 1. The molecule has 1 aromatic rings. The van der Waals surface area contributed by atoms with E-state index in [1.165, 1.54) is 19.1 Å². The molecule has 0 amide bonds. The van der Waals surface area contributed by atoms with E-state index in [0.717, 1.165) is 0 Å². The molecule has 86 valence electrons. The standard InChI is InChI=1S/C8H5Cl2F3.C2H6/c1-4-2-3-5(9)6(7(4)10)8(11,12)13;1-2/h2-3H,1H3;1-2H3. The summed E-state index contributed by atoms with van der Waals surface area (Å²) in [4.78, 5) is 0. The highest BCUT2D eigenvalue weighted by atomic mass is 35.5. The van der Waals surface area contributed by atoms with E-state index in [9.17, 15) is 13.2 Å². The SMILES string of the molecule is CC.Cc1ccc(Cl)c(C(F)(F)F)c1Cl. The Morgan fingerprint density at radius 1 is 1.07 bits per heavy atom. The molecule has 0 aliphatic carbocycles. The molecule has 0 nitrogen and oxygen atoms in total. The first kappa shape index (κ1) is 14.6. The van der Waals surface area contributed by atoms with E-state index >= 15 is 0 Å². The molecule has 0 saturated heterocycles. The monoisotopic (exact) mass is 258 g/mol. The van der Waals surface area contributed by atoms with Crippen LogP contribution in [0, 0.1) is 6.92 Å². The zero-order valence-corrected chi connectivity index (χ0v) is 10.1. The topological polar surface area (TPSA) is 0 Å². The van der Waals surface area contributed by atoms with Crippen LogP contribution >= 0.6 is 23.2 Å². The summed E-state index contributed by atoms with van der Waals surface area (Å²) in [5.74, 6) is 0. The van der Waals surface area contributed by atoms with Crippen LogP contribution in [0.3, 0.4) is 0 Å². The van der Waals surface area contributed by atoms with Crippen molar-refractivity contribution in [2.45, 2.75) is 26.9 Å². The van der Waals surface area contributed by atoms with E-state index in [0.29, 0.717) is 5.56 Å². The van der Waals surface area contributed by atoms with Crippen molar-refractivity contribution in [1.29, 1.82) is 0 Å². The van der Waals surface area contributed by atoms with Crippen molar-refractivity contribution in [2.75, 3.05) is 0 Å². The maximum Gasteiger partial charge on any atom is 0.419 e. The molecule has 1 aromatic carbocycles. The number of hydrogen-bond donors (Lipinski definition) is 0. The van der Waals surface area contributed by atoms with Gasteiger partial charge < -0.3 is 0 Å². The molecule has 0 aliphatic heterocycles. The fourth-order valence-corrected chi connectivity index (χ4v) is 1.50. The lowest BCUT2D eigenvalue weighted by Gasteiger charge is -2.12. The first-order valence-corrected chi connectivity index (χ1v) is 5.11. The second-order valence-corrected chi connectivity index (χ2v) is 3.34. The van der Waals surface area contributed by atoms with Gasteiger partial charge in [-0.15, -0.1) is 0 Å². The molecule has 1 rings (SSSR count). The van der Waals surface area contributed by atoms with Crippen molar-refractivity contribution in [1.82, 2.24) is 0 Å². The van der Waals surface area contributed by atoms with E-state index in [1.54, 1.807) is 0 Å². The fourth-order valence-electron chi connectivity index (χ4n) is 0.917. The molecule has 0 aromatic heterocycles. The Morgan fingerprint density at radius 3 is 1.87 bits per heavy atom. The third kappa shape index (κ3) is 3.58. The highest BCUT2D eigenvalue weighted by Crippen LogP contribution is 2.40. The van der Waals surface area contributed by atoms with E-state index < -0.39 is 11.7 Å². The summed E-state index contributed by atoms with van der Waals surface area (Å²) >= 11 is 10.9. The van der Waals surface area contributed by atoms with Gasteiger partial charge in [0.2, 0.25) is 0 Å². The average molecular weight is 259 g/mol. The normalized spacial score (nSPS) is 10.7. The van der Waals surface area contributed by atoms with Gasteiger partial charge in [0.05, 0.1) is 15.6 Å². The molecule has 0 fully saturated rings. The first-order chi connectivity index (χ1) is 6.84. The van der Waals surface area contributed by atoms with Crippen molar-refractivity contribution >= 4 is 23.2 Å². The maximum atomic E-state index is 12.3. The Kier molecular flexibility index (Phi) is 5.46. The minimum atomic E-state index is -4.50. The quantitative estimate of drug-likeness (QED) is 0.589. The Bertz CT molecular complexity index is 332. The smallest absolute Gasteiger partial charge is 0.166 e. The predicted octanol–water partition coefficient (Wildman–Crippen LogP) is 5.35. The Labute approximate surface area is 97.0 Å². The lowest BCUT2D eigenvalue weighted by molar-refractivity contribution is -0.137. The van der Waals surface area contributed by atoms with E-state index in [-0.39, 0.29) is 10.0 Å². The molecule has 0 heterocycles. The molecule has 0 spiro atoms. The number of rotatable bonds is 0. The first-order valence-electron chi connectivity index (χ1n) is 4.36. The molecular formula is C10H11Cl2F3. The van der Waals surface area contributed by atoms with Crippen LogP contribution in [0.1, 0.15) is 25.0 Å². The van der Waals surface area contributed by atoms with Gasteiger partial charge in [0.15, 0.2) is 0 Å². The Hall–Kier alpha value is -0.410. The van der Waals surface area contributed by atoms with Crippen LogP contribution in [0.4, 0.5) is 13.2 Å². The fraction of sp³-hybridized carbons (Fsp3) is 0.400. The summed E-state index contributed by atoms with van der Waals surface area (Å²) in [6.07, 6.45) is -4.50. The van der Waals surface area contributed by atoms with Gasteiger partial charge in [-0.3, -0.25) is 0 Å². The summed E-state index contributed by atoms with van der Waals surface area (Å²) in [7, 11) is 0.